The van der Waals surface area contributed by atoms with E-state index in [1.54, 1.807) is 0 Å². The summed E-state index contributed by atoms with van der Waals surface area (Å²) in [5.74, 6) is 0.918. The third-order valence-electron chi connectivity index (χ3n) is 3.06. The normalized spacial score (nSPS) is 16.1. The molecular weight excluding hydrogens is 220 g/mol. The quantitative estimate of drug-likeness (QED) is 0.732. The smallest absolute Gasteiger partial charge is 0.129 e. The van der Waals surface area contributed by atoms with E-state index in [0.29, 0.717) is 11.2 Å². The van der Waals surface area contributed by atoms with Gasteiger partial charge in [0.25, 0.3) is 0 Å². The van der Waals surface area contributed by atoms with Crippen LogP contribution in [0.1, 0.15) is 32.4 Å². The Bertz CT molecular complexity index is 348. The zero-order valence-corrected chi connectivity index (χ0v) is 10.7. The monoisotopic (exact) mass is 238 g/mol. The number of nitrogens with zero attached hydrogens (tertiary/aromatic N) is 2. The van der Waals surface area contributed by atoms with E-state index in [-0.39, 0.29) is 0 Å². The molecule has 1 heterocycles. The third kappa shape index (κ3) is 3.46. The van der Waals surface area contributed by atoms with Gasteiger partial charge in [0, 0.05) is 19.1 Å². The van der Waals surface area contributed by atoms with Crippen molar-refractivity contribution >= 4 is 11.6 Å². The molecule has 1 aliphatic rings. The molecule has 3 heteroatoms. The zero-order chi connectivity index (χ0) is 11.5. The topological polar surface area (TPSA) is 16.1 Å². The molecule has 16 heavy (non-hydrogen) atoms. The van der Waals surface area contributed by atoms with Gasteiger partial charge >= 0.3 is 0 Å². The van der Waals surface area contributed by atoms with Gasteiger partial charge in [0.05, 0.1) is 5.69 Å². The molecule has 0 amide bonds. The molecule has 0 unspecified atom stereocenters. The van der Waals surface area contributed by atoms with Crippen molar-refractivity contribution in [3.63, 3.8) is 0 Å². The average molecular weight is 239 g/mol. The number of pyridine rings is 1. The summed E-state index contributed by atoms with van der Waals surface area (Å²) in [7, 11) is 0. The number of halogens is 1. The minimum Gasteiger partial charge on any atom is -0.295 e. The lowest BCUT2D eigenvalue weighted by Crippen LogP contribution is -2.32. The van der Waals surface area contributed by atoms with Crippen LogP contribution in [-0.4, -0.2) is 22.5 Å². The van der Waals surface area contributed by atoms with Gasteiger partial charge in [0.1, 0.15) is 5.15 Å². The van der Waals surface area contributed by atoms with Crippen molar-refractivity contribution in [3.05, 3.63) is 29.0 Å². The van der Waals surface area contributed by atoms with Gasteiger partial charge < -0.3 is 0 Å². The third-order valence-corrected chi connectivity index (χ3v) is 3.27. The SMILES string of the molecule is CC(C)N(Cc1cccc(Cl)n1)CC1CC1. The Hall–Kier alpha value is -0.600. The highest BCUT2D eigenvalue weighted by atomic mass is 35.5. The summed E-state index contributed by atoms with van der Waals surface area (Å²) < 4.78 is 0. The molecule has 1 aliphatic carbocycles. The van der Waals surface area contributed by atoms with Gasteiger partial charge in [-0.2, -0.15) is 0 Å². The zero-order valence-electron chi connectivity index (χ0n) is 9.99. The fourth-order valence-electron chi connectivity index (χ4n) is 1.84. The maximum atomic E-state index is 5.90. The maximum Gasteiger partial charge on any atom is 0.129 e. The van der Waals surface area contributed by atoms with Gasteiger partial charge in [-0.1, -0.05) is 17.7 Å². The van der Waals surface area contributed by atoms with Crippen LogP contribution in [0.25, 0.3) is 0 Å². The molecule has 0 bridgehead atoms. The average Bonchev–Trinajstić information content (AvgIpc) is 3.00. The molecule has 1 aromatic heterocycles. The largest absolute Gasteiger partial charge is 0.295 e. The fourth-order valence-corrected chi connectivity index (χ4v) is 2.02. The fraction of sp³-hybridized carbons (Fsp3) is 0.615. The summed E-state index contributed by atoms with van der Waals surface area (Å²) >= 11 is 5.90. The Balaban J connectivity index is 1.98. The van der Waals surface area contributed by atoms with E-state index in [1.165, 1.54) is 19.4 Å². The van der Waals surface area contributed by atoms with E-state index >= 15 is 0 Å². The molecule has 0 atom stereocenters. The van der Waals surface area contributed by atoms with Crippen LogP contribution in [-0.2, 0) is 6.54 Å². The molecule has 88 valence electrons. The predicted molar refractivity (Wildman–Crippen MR) is 67.5 cm³/mol. The Morgan fingerprint density at radius 2 is 2.19 bits per heavy atom. The molecule has 0 aliphatic heterocycles. The molecule has 0 spiro atoms. The lowest BCUT2D eigenvalue weighted by Gasteiger charge is -2.26. The van der Waals surface area contributed by atoms with Crippen molar-refractivity contribution in [1.82, 2.24) is 9.88 Å². The second kappa shape index (κ2) is 5.15. The van der Waals surface area contributed by atoms with Crippen LogP contribution in [0.2, 0.25) is 5.15 Å². The number of hydrogen-bond acceptors (Lipinski definition) is 2. The lowest BCUT2D eigenvalue weighted by molar-refractivity contribution is 0.201. The minimum absolute atomic E-state index is 0.571. The van der Waals surface area contributed by atoms with E-state index in [4.69, 9.17) is 11.6 Å². The first-order chi connectivity index (χ1) is 7.65. The van der Waals surface area contributed by atoms with Gasteiger partial charge in [-0.25, -0.2) is 4.98 Å². The lowest BCUT2D eigenvalue weighted by atomic mass is 10.2. The van der Waals surface area contributed by atoms with Crippen LogP contribution in [0.5, 0.6) is 0 Å². The first-order valence-corrected chi connectivity index (χ1v) is 6.38. The first-order valence-electron chi connectivity index (χ1n) is 6.00. The molecule has 1 aromatic rings. The summed E-state index contributed by atoms with van der Waals surface area (Å²) in [6.45, 7) is 6.60. The maximum absolute atomic E-state index is 5.90. The molecule has 0 aromatic carbocycles. The van der Waals surface area contributed by atoms with E-state index in [9.17, 15) is 0 Å². The molecule has 1 fully saturated rings. The van der Waals surface area contributed by atoms with Crippen LogP contribution in [0.15, 0.2) is 18.2 Å². The van der Waals surface area contributed by atoms with Gasteiger partial charge in [0.15, 0.2) is 0 Å². The number of hydrogen-bond donors (Lipinski definition) is 0. The Morgan fingerprint density at radius 3 is 2.75 bits per heavy atom. The predicted octanol–water partition coefficient (Wildman–Crippen LogP) is 3.36. The second-order valence-electron chi connectivity index (χ2n) is 4.92. The highest BCUT2D eigenvalue weighted by Gasteiger charge is 2.25. The van der Waals surface area contributed by atoms with Gasteiger partial charge in [-0.3, -0.25) is 4.90 Å². The van der Waals surface area contributed by atoms with Crippen LogP contribution in [0.4, 0.5) is 0 Å². The minimum atomic E-state index is 0.571. The van der Waals surface area contributed by atoms with E-state index in [0.717, 1.165) is 18.2 Å². The molecule has 1 saturated carbocycles. The van der Waals surface area contributed by atoms with E-state index in [1.807, 2.05) is 18.2 Å². The number of rotatable bonds is 5. The van der Waals surface area contributed by atoms with Gasteiger partial charge in [-0.05, 0) is 44.7 Å². The van der Waals surface area contributed by atoms with Gasteiger partial charge in [0.2, 0.25) is 0 Å². The van der Waals surface area contributed by atoms with Gasteiger partial charge in [-0.15, -0.1) is 0 Å². The van der Waals surface area contributed by atoms with Crippen LogP contribution >= 0.6 is 11.6 Å². The summed E-state index contributed by atoms with van der Waals surface area (Å²) in [5.41, 5.74) is 1.07. The van der Waals surface area contributed by atoms with Crippen LogP contribution < -0.4 is 0 Å². The van der Waals surface area contributed by atoms with Crippen molar-refractivity contribution in [2.24, 2.45) is 5.92 Å². The van der Waals surface area contributed by atoms with Crippen molar-refractivity contribution in [2.45, 2.75) is 39.3 Å². The summed E-state index contributed by atoms with van der Waals surface area (Å²) in [5, 5.41) is 0.590. The Kier molecular flexibility index (Phi) is 3.82. The summed E-state index contributed by atoms with van der Waals surface area (Å²) in [6.07, 6.45) is 2.79. The van der Waals surface area contributed by atoms with Crippen LogP contribution in [0.3, 0.4) is 0 Å². The second-order valence-corrected chi connectivity index (χ2v) is 5.31. The van der Waals surface area contributed by atoms with Crippen molar-refractivity contribution in [2.75, 3.05) is 6.54 Å². The van der Waals surface area contributed by atoms with Crippen molar-refractivity contribution in [1.29, 1.82) is 0 Å². The molecular formula is C13H19ClN2. The molecule has 0 N–H and O–H groups in total. The molecule has 2 rings (SSSR count). The highest BCUT2D eigenvalue weighted by molar-refractivity contribution is 6.29. The summed E-state index contributed by atoms with van der Waals surface area (Å²) in [4.78, 5) is 6.83. The van der Waals surface area contributed by atoms with E-state index < -0.39 is 0 Å². The van der Waals surface area contributed by atoms with Crippen molar-refractivity contribution in [3.8, 4) is 0 Å². The van der Waals surface area contributed by atoms with Crippen LogP contribution in [0, 0.1) is 5.92 Å². The number of aromatic nitrogens is 1. The Labute approximate surface area is 103 Å². The standard InChI is InChI=1S/C13H19ClN2/c1-10(2)16(8-11-6-7-11)9-12-4-3-5-13(14)15-12/h3-5,10-11H,6-9H2,1-2H3. The molecule has 0 saturated heterocycles. The Morgan fingerprint density at radius 1 is 1.44 bits per heavy atom. The first kappa shape index (κ1) is 11.9. The van der Waals surface area contributed by atoms with E-state index in [2.05, 4.69) is 23.7 Å². The molecule has 2 nitrogen and oxygen atoms in total. The van der Waals surface area contributed by atoms with Crippen molar-refractivity contribution < 1.29 is 0 Å². The summed E-state index contributed by atoms with van der Waals surface area (Å²) in [6, 6.07) is 6.42. The molecule has 0 radical (unpaired) electrons. The highest BCUT2D eigenvalue weighted by Crippen LogP contribution is 2.30.